The summed E-state index contributed by atoms with van der Waals surface area (Å²) in [6.07, 6.45) is 0. The van der Waals surface area contributed by atoms with Gasteiger partial charge in [-0.05, 0) is 31.2 Å². The van der Waals surface area contributed by atoms with Gasteiger partial charge in [0.25, 0.3) is 0 Å². The number of hydrogen-bond donors (Lipinski definition) is 3. The summed E-state index contributed by atoms with van der Waals surface area (Å²) in [5.74, 6) is 1.50. The maximum absolute atomic E-state index is 11.6. The fourth-order valence-electron chi connectivity index (χ4n) is 2.57. The predicted octanol–water partition coefficient (Wildman–Crippen LogP) is 2.00. The first-order valence-electron chi connectivity index (χ1n) is 9.10. The molecule has 7 nitrogen and oxygen atoms in total. The number of ether oxygens (including phenoxy) is 1. The van der Waals surface area contributed by atoms with E-state index in [1.165, 1.54) is 7.05 Å². The molecule has 2 aromatic carbocycles. The van der Waals surface area contributed by atoms with Crippen molar-refractivity contribution in [1.29, 1.82) is 0 Å². The summed E-state index contributed by atoms with van der Waals surface area (Å²) in [4.78, 5) is 4.60. The molecule has 0 aromatic heterocycles. The molecule has 2 rings (SSSR count). The van der Waals surface area contributed by atoms with E-state index in [2.05, 4.69) is 20.3 Å². The zero-order valence-corrected chi connectivity index (χ0v) is 17.3. The van der Waals surface area contributed by atoms with E-state index in [1.807, 2.05) is 55.5 Å². The number of benzene rings is 2. The van der Waals surface area contributed by atoms with Crippen molar-refractivity contribution in [3.63, 3.8) is 0 Å². The van der Waals surface area contributed by atoms with Crippen LogP contribution in [0.2, 0.25) is 0 Å². The van der Waals surface area contributed by atoms with Crippen LogP contribution in [0.4, 0.5) is 0 Å². The molecule has 0 aliphatic heterocycles. The molecule has 0 atom stereocenters. The Kier molecular flexibility index (Phi) is 8.28. The van der Waals surface area contributed by atoms with Crippen LogP contribution in [-0.4, -0.2) is 35.1 Å². The third kappa shape index (κ3) is 6.86. The van der Waals surface area contributed by atoms with Gasteiger partial charge in [-0.3, -0.25) is 0 Å². The number of guanidine groups is 1. The Morgan fingerprint density at radius 1 is 1.04 bits per heavy atom. The van der Waals surface area contributed by atoms with Crippen molar-refractivity contribution >= 4 is 16.0 Å². The number of methoxy groups -OCH3 is 1. The SMILES string of the molecule is CCNC(=NCc1ccc(CS(=O)(=O)NC)cc1)NCc1ccccc1OC. The van der Waals surface area contributed by atoms with Crippen molar-refractivity contribution in [2.24, 2.45) is 4.99 Å². The number of rotatable bonds is 9. The lowest BCUT2D eigenvalue weighted by molar-refractivity contribution is 0.409. The number of sulfonamides is 1. The van der Waals surface area contributed by atoms with Crippen LogP contribution < -0.4 is 20.1 Å². The molecule has 2 aromatic rings. The van der Waals surface area contributed by atoms with E-state index < -0.39 is 10.0 Å². The van der Waals surface area contributed by atoms with Crippen LogP contribution in [0, 0.1) is 0 Å². The zero-order valence-electron chi connectivity index (χ0n) is 16.5. The minimum atomic E-state index is -3.27. The van der Waals surface area contributed by atoms with E-state index in [0.29, 0.717) is 19.0 Å². The molecule has 0 radical (unpaired) electrons. The molecule has 0 spiro atoms. The summed E-state index contributed by atoms with van der Waals surface area (Å²) in [6.45, 7) is 3.84. The highest BCUT2D eigenvalue weighted by Gasteiger charge is 2.08. The van der Waals surface area contributed by atoms with E-state index in [0.717, 1.165) is 29.0 Å². The minimum Gasteiger partial charge on any atom is -0.496 e. The highest BCUT2D eigenvalue weighted by atomic mass is 32.2. The molecule has 3 N–H and O–H groups in total. The molecule has 0 amide bonds. The largest absolute Gasteiger partial charge is 0.496 e. The van der Waals surface area contributed by atoms with Crippen LogP contribution in [0.5, 0.6) is 5.75 Å². The Hall–Kier alpha value is -2.58. The molecule has 0 saturated heterocycles. The first-order valence-corrected chi connectivity index (χ1v) is 10.8. The summed E-state index contributed by atoms with van der Waals surface area (Å²) >= 11 is 0. The summed E-state index contributed by atoms with van der Waals surface area (Å²) in [7, 11) is -0.194. The smallest absolute Gasteiger partial charge is 0.215 e. The van der Waals surface area contributed by atoms with Gasteiger partial charge in [0.1, 0.15) is 5.75 Å². The Balaban J connectivity index is 2.00. The van der Waals surface area contributed by atoms with Crippen molar-refractivity contribution in [3.05, 3.63) is 65.2 Å². The van der Waals surface area contributed by atoms with Crippen LogP contribution >= 0.6 is 0 Å². The Morgan fingerprint density at radius 3 is 2.36 bits per heavy atom. The molecule has 0 heterocycles. The predicted molar refractivity (Wildman–Crippen MR) is 113 cm³/mol. The number of para-hydroxylation sites is 1. The lowest BCUT2D eigenvalue weighted by Gasteiger charge is -2.13. The van der Waals surface area contributed by atoms with Gasteiger partial charge >= 0.3 is 0 Å². The van der Waals surface area contributed by atoms with Crippen LogP contribution in [0.15, 0.2) is 53.5 Å². The summed E-state index contributed by atoms with van der Waals surface area (Å²) < 4.78 is 30.9. The van der Waals surface area contributed by atoms with Crippen molar-refractivity contribution in [2.45, 2.75) is 25.8 Å². The quantitative estimate of drug-likeness (QED) is 0.439. The number of aliphatic imine (C=N–C) groups is 1. The Bertz CT molecular complexity index is 881. The average molecular weight is 405 g/mol. The molecule has 152 valence electrons. The van der Waals surface area contributed by atoms with Gasteiger partial charge < -0.3 is 15.4 Å². The van der Waals surface area contributed by atoms with Crippen LogP contribution in [0.1, 0.15) is 23.6 Å². The second-order valence-corrected chi connectivity index (χ2v) is 8.07. The van der Waals surface area contributed by atoms with Gasteiger partial charge in [-0.2, -0.15) is 0 Å². The van der Waals surface area contributed by atoms with Gasteiger partial charge in [-0.1, -0.05) is 42.5 Å². The first-order chi connectivity index (χ1) is 13.5. The molecule has 28 heavy (non-hydrogen) atoms. The molecule has 0 saturated carbocycles. The van der Waals surface area contributed by atoms with Gasteiger partial charge in [0.15, 0.2) is 5.96 Å². The van der Waals surface area contributed by atoms with Gasteiger partial charge in [0.05, 0.1) is 19.4 Å². The number of nitrogens with zero attached hydrogens (tertiary/aromatic N) is 1. The zero-order chi connectivity index (χ0) is 20.4. The normalized spacial score (nSPS) is 11.9. The lowest BCUT2D eigenvalue weighted by atomic mass is 10.1. The maximum atomic E-state index is 11.6. The van der Waals surface area contributed by atoms with Crippen LogP contribution in [0.25, 0.3) is 0 Å². The summed E-state index contributed by atoms with van der Waals surface area (Å²) in [5.41, 5.74) is 2.79. The average Bonchev–Trinajstić information content (AvgIpc) is 2.71. The van der Waals surface area contributed by atoms with Gasteiger partial charge in [0.2, 0.25) is 10.0 Å². The van der Waals surface area contributed by atoms with Crippen molar-refractivity contribution < 1.29 is 13.2 Å². The molecule has 8 heteroatoms. The second kappa shape index (κ2) is 10.7. The van der Waals surface area contributed by atoms with Crippen molar-refractivity contribution in [2.75, 3.05) is 20.7 Å². The molecule has 0 unspecified atom stereocenters. The molecule has 0 aliphatic carbocycles. The molecule has 0 bridgehead atoms. The second-order valence-electron chi connectivity index (χ2n) is 6.14. The van der Waals surface area contributed by atoms with Crippen molar-refractivity contribution in [1.82, 2.24) is 15.4 Å². The van der Waals surface area contributed by atoms with E-state index in [1.54, 1.807) is 7.11 Å². The minimum absolute atomic E-state index is 0.0316. The van der Waals surface area contributed by atoms with Crippen molar-refractivity contribution in [3.8, 4) is 5.75 Å². The standard InChI is InChI=1S/C20H28N4O3S/c1-4-22-20(24-14-18-7-5-6-8-19(18)27-3)23-13-16-9-11-17(12-10-16)15-28(25,26)21-2/h5-12,21H,4,13-15H2,1-3H3,(H2,22,23,24). The first kappa shape index (κ1) is 21.7. The Morgan fingerprint density at radius 2 is 1.71 bits per heavy atom. The van der Waals surface area contributed by atoms with E-state index >= 15 is 0 Å². The number of hydrogen-bond acceptors (Lipinski definition) is 4. The monoisotopic (exact) mass is 404 g/mol. The molecule has 0 fully saturated rings. The topological polar surface area (TPSA) is 91.8 Å². The van der Waals surface area contributed by atoms with Gasteiger partial charge in [-0.25, -0.2) is 18.1 Å². The molecular formula is C20H28N4O3S. The fourth-order valence-corrected chi connectivity index (χ4v) is 3.35. The molecular weight excluding hydrogens is 376 g/mol. The lowest BCUT2D eigenvalue weighted by Crippen LogP contribution is -2.36. The number of nitrogens with one attached hydrogen (secondary N) is 3. The van der Waals surface area contributed by atoms with Crippen LogP contribution in [0.3, 0.4) is 0 Å². The Labute approximate surface area is 167 Å². The van der Waals surface area contributed by atoms with E-state index in [9.17, 15) is 8.42 Å². The third-order valence-corrected chi connectivity index (χ3v) is 5.43. The highest BCUT2D eigenvalue weighted by molar-refractivity contribution is 7.88. The van der Waals surface area contributed by atoms with Gasteiger partial charge in [0, 0.05) is 18.7 Å². The van der Waals surface area contributed by atoms with Crippen LogP contribution in [-0.2, 0) is 28.9 Å². The summed E-state index contributed by atoms with van der Waals surface area (Å²) in [5, 5.41) is 6.52. The van der Waals surface area contributed by atoms with Gasteiger partial charge in [-0.15, -0.1) is 0 Å². The summed E-state index contributed by atoms with van der Waals surface area (Å²) in [6, 6.07) is 15.3. The van der Waals surface area contributed by atoms with E-state index in [-0.39, 0.29) is 5.75 Å². The van der Waals surface area contributed by atoms with E-state index in [4.69, 9.17) is 4.74 Å². The maximum Gasteiger partial charge on any atom is 0.215 e. The highest BCUT2D eigenvalue weighted by Crippen LogP contribution is 2.16. The fraction of sp³-hybridized carbons (Fsp3) is 0.350. The third-order valence-electron chi connectivity index (χ3n) is 4.09. The molecule has 0 aliphatic rings.